The molecule has 96 valence electrons. The molecule has 0 aliphatic rings. The Bertz CT molecular complexity index is 305. The second kappa shape index (κ2) is 7.33. The van der Waals surface area contributed by atoms with Crippen LogP contribution in [-0.2, 0) is 6.42 Å². The van der Waals surface area contributed by atoms with Gasteiger partial charge in [-0.05, 0) is 42.9 Å². The average molecular weight is 235 g/mol. The van der Waals surface area contributed by atoms with E-state index >= 15 is 0 Å². The molecular weight excluding hydrogens is 210 g/mol. The highest BCUT2D eigenvalue weighted by molar-refractivity contribution is 5.27. The molecule has 0 aliphatic heterocycles. The SMILES string of the molecule is CCCOc1ccc(CCC(N)C(C)C)cc1. The first kappa shape index (κ1) is 14.0. The minimum Gasteiger partial charge on any atom is -0.494 e. The van der Waals surface area contributed by atoms with E-state index in [1.54, 1.807) is 0 Å². The lowest BCUT2D eigenvalue weighted by molar-refractivity contribution is 0.317. The van der Waals surface area contributed by atoms with Gasteiger partial charge in [-0.15, -0.1) is 0 Å². The van der Waals surface area contributed by atoms with Crippen molar-refractivity contribution in [2.75, 3.05) is 6.61 Å². The summed E-state index contributed by atoms with van der Waals surface area (Å²) in [5.41, 5.74) is 7.37. The maximum Gasteiger partial charge on any atom is 0.119 e. The number of aryl methyl sites for hydroxylation is 1. The molecule has 2 N–H and O–H groups in total. The molecule has 1 atom stereocenters. The van der Waals surface area contributed by atoms with Gasteiger partial charge in [-0.25, -0.2) is 0 Å². The van der Waals surface area contributed by atoms with Crippen LogP contribution in [0.15, 0.2) is 24.3 Å². The highest BCUT2D eigenvalue weighted by Crippen LogP contribution is 2.15. The van der Waals surface area contributed by atoms with Gasteiger partial charge in [0, 0.05) is 6.04 Å². The van der Waals surface area contributed by atoms with Crippen molar-refractivity contribution in [1.82, 2.24) is 0 Å². The predicted molar refractivity (Wildman–Crippen MR) is 73.4 cm³/mol. The quantitative estimate of drug-likeness (QED) is 0.786. The number of rotatable bonds is 7. The Morgan fingerprint density at radius 1 is 1.18 bits per heavy atom. The fourth-order valence-corrected chi connectivity index (χ4v) is 1.64. The maximum atomic E-state index is 6.04. The Morgan fingerprint density at radius 2 is 1.82 bits per heavy atom. The van der Waals surface area contributed by atoms with E-state index in [0.29, 0.717) is 12.0 Å². The summed E-state index contributed by atoms with van der Waals surface area (Å²) >= 11 is 0. The summed E-state index contributed by atoms with van der Waals surface area (Å²) in [5, 5.41) is 0. The van der Waals surface area contributed by atoms with Crippen molar-refractivity contribution < 1.29 is 4.74 Å². The molecule has 1 unspecified atom stereocenters. The molecule has 1 aromatic carbocycles. The molecule has 0 heterocycles. The van der Waals surface area contributed by atoms with Crippen molar-refractivity contribution in [3.8, 4) is 5.75 Å². The summed E-state index contributed by atoms with van der Waals surface area (Å²) in [4.78, 5) is 0. The van der Waals surface area contributed by atoms with Crippen molar-refractivity contribution in [1.29, 1.82) is 0 Å². The van der Waals surface area contributed by atoms with Crippen LogP contribution in [0.5, 0.6) is 5.75 Å². The van der Waals surface area contributed by atoms with Gasteiger partial charge >= 0.3 is 0 Å². The van der Waals surface area contributed by atoms with Crippen molar-refractivity contribution in [3.05, 3.63) is 29.8 Å². The predicted octanol–water partition coefficient (Wildman–Crippen LogP) is 3.39. The van der Waals surface area contributed by atoms with Gasteiger partial charge in [0.05, 0.1) is 6.61 Å². The Hall–Kier alpha value is -1.02. The molecule has 0 aliphatic carbocycles. The van der Waals surface area contributed by atoms with Gasteiger partial charge in [0.15, 0.2) is 0 Å². The first-order chi connectivity index (χ1) is 8.13. The van der Waals surface area contributed by atoms with Gasteiger partial charge in [0.2, 0.25) is 0 Å². The number of hydrogen-bond acceptors (Lipinski definition) is 2. The van der Waals surface area contributed by atoms with E-state index in [1.807, 2.05) is 12.1 Å². The van der Waals surface area contributed by atoms with Gasteiger partial charge in [-0.3, -0.25) is 0 Å². The lowest BCUT2D eigenvalue weighted by Gasteiger charge is -2.15. The summed E-state index contributed by atoms with van der Waals surface area (Å²) in [6.07, 6.45) is 3.14. The van der Waals surface area contributed by atoms with Crippen LogP contribution in [0.4, 0.5) is 0 Å². The van der Waals surface area contributed by atoms with Crippen LogP contribution in [-0.4, -0.2) is 12.6 Å². The summed E-state index contributed by atoms with van der Waals surface area (Å²) < 4.78 is 5.55. The Morgan fingerprint density at radius 3 is 2.35 bits per heavy atom. The Labute approximate surface area is 105 Å². The van der Waals surface area contributed by atoms with Crippen LogP contribution in [0.3, 0.4) is 0 Å². The van der Waals surface area contributed by atoms with Gasteiger partial charge in [-0.1, -0.05) is 32.9 Å². The molecule has 17 heavy (non-hydrogen) atoms. The third kappa shape index (κ3) is 5.22. The Balaban J connectivity index is 2.40. The van der Waals surface area contributed by atoms with E-state index in [2.05, 4.69) is 32.9 Å². The molecule has 0 saturated heterocycles. The normalized spacial score (nSPS) is 12.8. The average Bonchev–Trinajstić information content (AvgIpc) is 2.34. The van der Waals surface area contributed by atoms with Crippen LogP contribution in [0.25, 0.3) is 0 Å². The second-order valence-electron chi connectivity index (χ2n) is 4.94. The highest BCUT2D eigenvalue weighted by atomic mass is 16.5. The van der Waals surface area contributed by atoms with Crippen LogP contribution in [0, 0.1) is 5.92 Å². The molecule has 0 radical (unpaired) electrons. The summed E-state index contributed by atoms with van der Waals surface area (Å²) in [5.74, 6) is 1.52. The minimum absolute atomic E-state index is 0.297. The van der Waals surface area contributed by atoms with E-state index < -0.39 is 0 Å². The molecule has 1 rings (SSSR count). The van der Waals surface area contributed by atoms with Crippen molar-refractivity contribution >= 4 is 0 Å². The highest BCUT2D eigenvalue weighted by Gasteiger charge is 2.07. The third-order valence-electron chi connectivity index (χ3n) is 3.02. The lowest BCUT2D eigenvalue weighted by atomic mass is 9.98. The second-order valence-corrected chi connectivity index (χ2v) is 4.94. The largest absolute Gasteiger partial charge is 0.494 e. The molecular formula is C15H25NO. The molecule has 0 fully saturated rings. The van der Waals surface area contributed by atoms with Crippen LogP contribution >= 0.6 is 0 Å². The summed E-state index contributed by atoms with van der Waals surface area (Å²) in [6.45, 7) is 7.25. The molecule has 2 nitrogen and oxygen atoms in total. The molecule has 1 aromatic rings. The van der Waals surface area contributed by atoms with E-state index in [-0.39, 0.29) is 0 Å². The van der Waals surface area contributed by atoms with Crippen molar-refractivity contribution in [2.24, 2.45) is 11.7 Å². The maximum absolute atomic E-state index is 6.04. The van der Waals surface area contributed by atoms with Gasteiger partial charge in [0.25, 0.3) is 0 Å². The molecule has 0 amide bonds. The first-order valence-corrected chi connectivity index (χ1v) is 6.60. The number of ether oxygens (including phenoxy) is 1. The number of benzene rings is 1. The molecule has 0 saturated carbocycles. The smallest absolute Gasteiger partial charge is 0.119 e. The monoisotopic (exact) mass is 235 g/mol. The Kier molecular flexibility index (Phi) is 6.06. The van der Waals surface area contributed by atoms with Crippen LogP contribution in [0.1, 0.15) is 39.2 Å². The van der Waals surface area contributed by atoms with E-state index in [1.165, 1.54) is 5.56 Å². The molecule has 0 bridgehead atoms. The van der Waals surface area contributed by atoms with E-state index in [9.17, 15) is 0 Å². The fraction of sp³-hybridized carbons (Fsp3) is 0.600. The third-order valence-corrected chi connectivity index (χ3v) is 3.02. The zero-order valence-corrected chi connectivity index (χ0v) is 11.3. The van der Waals surface area contributed by atoms with Crippen molar-refractivity contribution in [2.45, 2.75) is 46.1 Å². The van der Waals surface area contributed by atoms with Crippen LogP contribution < -0.4 is 10.5 Å². The minimum atomic E-state index is 0.297. The lowest BCUT2D eigenvalue weighted by Crippen LogP contribution is -2.26. The van der Waals surface area contributed by atoms with Gasteiger partial charge in [0.1, 0.15) is 5.75 Å². The molecule has 2 heteroatoms. The zero-order chi connectivity index (χ0) is 12.7. The van der Waals surface area contributed by atoms with E-state index in [0.717, 1.165) is 31.6 Å². The standard InChI is InChI=1S/C15H25NO/c1-4-11-17-14-8-5-13(6-9-14)7-10-15(16)12(2)3/h5-6,8-9,12,15H,4,7,10-11,16H2,1-3H3. The first-order valence-electron chi connectivity index (χ1n) is 6.60. The van der Waals surface area contributed by atoms with Gasteiger partial charge < -0.3 is 10.5 Å². The summed E-state index contributed by atoms with van der Waals surface area (Å²) in [7, 11) is 0. The molecule has 0 spiro atoms. The number of nitrogens with two attached hydrogens (primary N) is 1. The molecule has 0 aromatic heterocycles. The van der Waals surface area contributed by atoms with Crippen molar-refractivity contribution in [3.63, 3.8) is 0 Å². The van der Waals surface area contributed by atoms with Gasteiger partial charge in [-0.2, -0.15) is 0 Å². The fourth-order valence-electron chi connectivity index (χ4n) is 1.64. The topological polar surface area (TPSA) is 35.2 Å². The summed E-state index contributed by atoms with van der Waals surface area (Å²) in [6, 6.07) is 8.67. The van der Waals surface area contributed by atoms with Crippen LogP contribution in [0.2, 0.25) is 0 Å². The van der Waals surface area contributed by atoms with E-state index in [4.69, 9.17) is 10.5 Å². The zero-order valence-electron chi connectivity index (χ0n) is 11.3. The number of hydrogen-bond donors (Lipinski definition) is 1.